The highest BCUT2D eigenvalue weighted by Gasteiger charge is 2.56. The average molecular weight is 170 g/mol. The number of ether oxygens (including phenoxy) is 1. The van der Waals surface area contributed by atoms with Crippen molar-refractivity contribution in [2.24, 2.45) is 11.8 Å². The highest BCUT2D eigenvalue weighted by atomic mass is 32.2. The molecule has 2 rings (SSSR count). The standard InChI is InChI=1S/C8H10O2S/c1-2-10-8(9)6-5-3-4-11-7(5)6/h3-7H,2H2,1H3. The van der Waals surface area contributed by atoms with Crippen LogP contribution in [0.3, 0.4) is 0 Å². The Labute approximate surface area is 70.0 Å². The highest BCUT2D eigenvalue weighted by Crippen LogP contribution is 2.54. The Morgan fingerprint density at radius 2 is 2.55 bits per heavy atom. The van der Waals surface area contributed by atoms with Gasteiger partial charge < -0.3 is 4.74 Å². The molecule has 2 aliphatic rings. The van der Waals surface area contributed by atoms with Gasteiger partial charge in [-0.15, -0.1) is 11.8 Å². The Kier molecular flexibility index (Phi) is 1.68. The molecule has 1 saturated carbocycles. The van der Waals surface area contributed by atoms with Crippen LogP contribution in [0.15, 0.2) is 11.5 Å². The fraction of sp³-hybridized carbons (Fsp3) is 0.625. The van der Waals surface area contributed by atoms with Crippen molar-refractivity contribution in [1.29, 1.82) is 0 Å². The Morgan fingerprint density at radius 3 is 3.09 bits per heavy atom. The zero-order valence-corrected chi connectivity index (χ0v) is 7.14. The number of fused-ring (bicyclic) bond motifs is 1. The summed E-state index contributed by atoms with van der Waals surface area (Å²) in [6.07, 6.45) is 2.11. The number of hydrogen-bond donors (Lipinski definition) is 0. The van der Waals surface area contributed by atoms with Crippen LogP contribution in [0.5, 0.6) is 0 Å². The monoisotopic (exact) mass is 170 g/mol. The van der Waals surface area contributed by atoms with Crippen LogP contribution in [0, 0.1) is 11.8 Å². The third-order valence-electron chi connectivity index (χ3n) is 2.10. The lowest BCUT2D eigenvalue weighted by atomic mass is 10.3. The summed E-state index contributed by atoms with van der Waals surface area (Å²) in [4.78, 5) is 11.1. The van der Waals surface area contributed by atoms with Gasteiger partial charge in [-0.3, -0.25) is 4.79 Å². The van der Waals surface area contributed by atoms with Crippen molar-refractivity contribution < 1.29 is 9.53 Å². The largest absolute Gasteiger partial charge is 0.466 e. The predicted molar refractivity (Wildman–Crippen MR) is 44.1 cm³/mol. The number of carbonyl (C=O) groups excluding carboxylic acids is 1. The third kappa shape index (κ3) is 1.07. The van der Waals surface area contributed by atoms with Gasteiger partial charge in [0.1, 0.15) is 0 Å². The molecule has 2 nitrogen and oxygen atoms in total. The van der Waals surface area contributed by atoms with Crippen molar-refractivity contribution in [3.8, 4) is 0 Å². The van der Waals surface area contributed by atoms with Gasteiger partial charge in [-0.05, 0) is 12.3 Å². The predicted octanol–water partition coefficient (Wildman–Crippen LogP) is 1.42. The van der Waals surface area contributed by atoms with E-state index in [1.54, 1.807) is 11.8 Å². The van der Waals surface area contributed by atoms with Crippen molar-refractivity contribution in [3.05, 3.63) is 11.5 Å². The smallest absolute Gasteiger partial charge is 0.310 e. The molecule has 3 unspecified atom stereocenters. The lowest BCUT2D eigenvalue weighted by molar-refractivity contribution is -0.144. The Balaban J connectivity index is 1.90. The molecular weight excluding hydrogens is 160 g/mol. The van der Waals surface area contributed by atoms with Crippen LogP contribution in [0.25, 0.3) is 0 Å². The molecule has 0 bridgehead atoms. The molecule has 1 aliphatic heterocycles. The number of esters is 1. The van der Waals surface area contributed by atoms with Gasteiger partial charge in [-0.25, -0.2) is 0 Å². The zero-order chi connectivity index (χ0) is 7.84. The van der Waals surface area contributed by atoms with Gasteiger partial charge in [0.05, 0.1) is 12.5 Å². The zero-order valence-electron chi connectivity index (χ0n) is 6.32. The highest BCUT2D eigenvalue weighted by molar-refractivity contribution is 8.03. The lowest BCUT2D eigenvalue weighted by Crippen LogP contribution is -2.09. The topological polar surface area (TPSA) is 26.3 Å². The van der Waals surface area contributed by atoms with E-state index in [1.807, 2.05) is 6.92 Å². The van der Waals surface area contributed by atoms with Crippen molar-refractivity contribution >= 4 is 17.7 Å². The molecule has 60 valence electrons. The van der Waals surface area contributed by atoms with Gasteiger partial charge >= 0.3 is 5.97 Å². The molecule has 0 amide bonds. The molecule has 0 radical (unpaired) electrons. The van der Waals surface area contributed by atoms with E-state index < -0.39 is 0 Å². The molecule has 3 heteroatoms. The second-order valence-electron chi connectivity index (χ2n) is 2.78. The molecule has 0 aromatic heterocycles. The molecule has 0 aromatic rings. The van der Waals surface area contributed by atoms with E-state index in [0.29, 0.717) is 17.8 Å². The number of rotatable bonds is 2. The lowest BCUT2D eigenvalue weighted by Gasteiger charge is -1.99. The molecule has 3 atom stereocenters. The third-order valence-corrected chi connectivity index (χ3v) is 3.34. The number of thioether (sulfide) groups is 1. The van der Waals surface area contributed by atoms with E-state index in [2.05, 4.69) is 11.5 Å². The summed E-state index contributed by atoms with van der Waals surface area (Å²) in [6, 6.07) is 0. The SMILES string of the molecule is CCOC(=O)C1C2C=CSC21. The fourth-order valence-corrected chi connectivity index (χ4v) is 2.73. The number of allylic oxidation sites excluding steroid dienone is 1. The second-order valence-corrected chi connectivity index (χ2v) is 3.87. The van der Waals surface area contributed by atoms with Gasteiger partial charge in [0.2, 0.25) is 0 Å². The van der Waals surface area contributed by atoms with Crippen molar-refractivity contribution in [2.75, 3.05) is 6.61 Å². The number of hydrogen-bond acceptors (Lipinski definition) is 3. The summed E-state index contributed by atoms with van der Waals surface area (Å²) >= 11 is 1.75. The average Bonchev–Trinajstić information content (AvgIpc) is 2.47. The minimum Gasteiger partial charge on any atom is -0.466 e. The van der Waals surface area contributed by atoms with E-state index in [9.17, 15) is 4.79 Å². The normalized spacial score (nSPS) is 38.5. The maximum absolute atomic E-state index is 11.1. The Hall–Kier alpha value is -0.440. The first-order valence-corrected chi connectivity index (χ1v) is 4.77. The first-order valence-electron chi connectivity index (χ1n) is 3.83. The van der Waals surface area contributed by atoms with Crippen molar-refractivity contribution in [1.82, 2.24) is 0 Å². The molecule has 0 N–H and O–H groups in total. The minimum absolute atomic E-state index is 0.0145. The number of carbonyl (C=O) groups is 1. The van der Waals surface area contributed by atoms with Crippen molar-refractivity contribution in [2.45, 2.75) is 12.2 Å². The summed E-state index contributed by atoms with van der Waals surface area (Å²) < 4.78 is 4.92. The quantitative estimate of drug-likeness (QED) is 0.586. The van der Waals surface area contributed by atoms with Gasteiger partial charge in [0.15, 0.2) is 0 Å². The van der Waals surface area contributed by atoms with Crippen LogP contribution in [0.2, 0.25) is 0 Å². The van der Waals surface area contributed by atoms with E-state index in [-0.39, 0.29) is 11.9 Å². The van der Waals surface area contributed by atoms with Crippen LogP contribution in [0.1, 0.15) is 6.92 Å². The van der Waals surface area contributed by atoms with E-state index >= 15 is 0 Å². The van der Waals surface area contributed by atoms with E-state index in [4.69, 9.17) is 4.74 Å². The molecule has 0 saturated heterocycles. The maximum Gasteiger partial charge on any atom is 0.310 e. The molecule has 1 heterocycles. The van der Waals surface area contributed by atoms with Crippen LogP contribution in [-0.2, 0) is 9.53 Å². The summed E-state index contributed by atoms with van der Waals surface area (Å²) in [6.45, 7) is 2.35. The van der Waals surface area contributed by atoms with E-state index in [0.717, 1.165) is 0 Å². The Morgan fingerprint density at radius 1 is 1.73 bits per heavy atom. The summed E-state index contributed by atoms with van der Waals surface area (Å²) in [5, 5.41) is 2.58. The van der Waals surface area contributed by atoms with Crippen LogP contribution < -0.4 is 0 Å². The van der Waals surface area contributed by atoms with Crippen LogP contribution in [-0.4, -0.2) is 17.8 Å². The summed E-state index contributed by atoms with van der Waals surface area (Å²) in [5.41, 5.74) is 0. The fourth-order valence-electron chi connectivity index (χ4n) is 1.47. The van der Waals surface area contributed by atoms with Gasteiger partial charge in [0, 0.05) is 11.2 Å². The molecule has 11 heavy (non-hydrogen) atoms. The second kappa shape index (κ2) is 2.55. The molecular formula is C8H10O2S. The molecule has 0 aromatic carbocycles. The summed E-state index contributed by atoms with van der Waals surface area (Å²) in [7, 11) is 0. The first kappa shape index (κ1) is 7.22. The maximum atomic E-state index is 11.1. The molecule has 0 spiro atoms. The van der Waals surface area contributed by atoms with Crippen LogP contribution >= 0.6 is 11.8 Å². The van der Waals surface area contributed by atoms with E-state index in [1.165, 1.54) is 0 Å². The van der Waals surface area contributed by atoms with Gasteiger partial charge in [-0.1, -0.05) is 6.08 Å². The summed E-state index contributed by atoms with van der Waals surface area (Å²) in [5.74, 6) is 0.642. The molecule has 1 aliphatic carbocycles. The first-order chi connectivity index (χ1) is 5.34. The Bertz CT molecular complexity index is 212. The van der Waals surface area contributed by atoms with Gasteiger partial charge in [-0.2, -0.15) is 0 Å². The van der Waals surface area contributed by atoms with Crippen LogP contribution in [0.4, 0.5) is 0 Å². The van der Waals surface area contributed by atoms with Gasteiger partial charge in [0.25, 0.3) is 0 Å². The minimum atomic E-state index is -0.0145. The molecule has 1 fully saturated rings. The van der Waals surface area contributed by atoms with Crippen molar-refractivity contribution in [3.63, 3.8) is 0 Å².